The van der Waals surface area contributed by atoms with Gasteiger partial charge in [-0.05, 0) is 24.3 Å². The van der Waals surface area contributed by atoms with E-state index >= 15 is 0 Å². The highest BCUT2D eigenvalue weighted by atomic mass is 32.1. The van der Waals surface area contributed by atoms with E-state index in [0.717, 1.165) is 17.4 Å². The van der Waals surface area contributed by atoms with E-state index in [1.807, 2.05) is 0 Å². The molecule has 0 unspecified atom stereocenters. The lowest BCUT2D eigenvalue weighted by atomic mass is 10.3. The van der Waals surface area contributed by atoms with Gasteiger partial charge in [0, 0.05) is 6.07 Å². The van der Waals surface area contributed by atoms with E-state index in [-0.39, 0.29) is 21.6 Å². The Balaban J connectivity index is 1.79. The number of amides is 1. The Labute approximate surface area is 157 Å². The zero-order valence-corrected chi connectivity index (χ0v) is 14.8. The van der Waals surface area contributed by atoms with Crippen molar-refractivity contribution in [2.24, 2.45) is 0 Å². The Kier molecular flexibility index (Phi) is 5.62. The second kappa shape index (κ2) is 8.28. The number of rotatable bonds is 5. The van der Waals surface area contributed by atoms with E-state index in [9.17, 15) is 14.0 Å². The second-order valence-corrected chi connectivity index (χ2v) is 6.00. The number of methoxy groups -OCH3 is 1. The maximum atomic E-state index is 13.3. The molecule has 138 valence electrons. The number of thiazole rings is 1. The monoisotopic (exact) mass is 388 g/mol. The van der Waals surface area contributed by atoms with Crippen molar-refractivity contribution in [3.63, 3.8) is 0 Å². The van der Waals surface area contributed by atoms with Gasteiger partial charge < -0.3 is 14.2 Å². The molecule has 1 N–H and O–H groups in total. The minimum Gasteiger partial charge on any atom is -0.464 e. The summed E-state index contributed by atoms with van der Waals surface area (Å²) in [5.74, 6) is -0.748. The fraction of sp³-hybridized carbons (Fsp3) is 0.0556. The highest BCUT2D eigenvalue weighted by molar-refractivity contribution is 7.17. The molecule has 3 aromatic rings. The van der Waals surface area contributed by atoms with Gasteiger partial charge in [-0.1, -0.05) is 35.6 Å². The number of anilines is 1. The predicted molar refractivity (Wildman–Crippen MR) is 96.0 cm³/mol. The van der Waals surface area contributed by atoms with Crippen molar-refractivity contribution in [1.82, 2.24) is 4.98 Å². The third-order valence-electron chi connectivity index (χ3n) is 3.14. The van der Waals surface area contributed by atoms with E-state index in [0.29, 0.717) is 5.75 Å². The molecule has 0 fully saturated rings. The SMILES string of the molecule is COC(=O)c1nc(NC(=O)Oc2ccccc2)sc1Oc1cccc(F)c1. The van der Waals surface area contributed by atoms with E-state index < -0.39 is 17.9 Å². The average Bonchev–Trinajstić information content (AvgIpc) is 3.03. The summed E-state index contributed by atoms with van der Waals surface area (Å²) in [6.45, 7) is 0. The molecule has 0 bridgehead atoms. The summed E-state index contributed by atoms with van der Waals surface area (Å²) in [6.07, 6.45) is -0.788. The molecular weight excluding hydrogens is 375 g/mol. The van der Waals surface area contributed by atoms with Gasteiger partial charge in [0.05, 0.1) is 7.11 Å². The van der Waals surface area contributed by atoms with Gasteiger partial charge in [0.25, 0.3) is 0 Å². The first-order valence-electron chi connectivity index (χ1n) is 7.61. The summed E-state index contributed by atoms with van der Waals surface area (Å²) in [5.41, 5.74) is -0.151. The normalized spacial score (nSPS) is 10.1. The number of nitrogens with one attached hydrogen (secondary N) is 1. The second-order valence-electron chi connectivity index (χ2n) is 5.03. The molecule has 1 aromatic heterocycles. The molecule has 0 radical (unpaired) electrons. The molecule has 0 aliphatic rings. The number of esters is 1. The molecule has 0 atom stereocenters. The number of carbonyl (C=O) groups excluding carboxylic acids is 2. The van der Waals surface area contributed by atoms with E-state index in [1.54, 1.807) is 30.3 Å². The fourth-order valence-corrected chi connectivity index (χ4v) is 2.81. The molecule has 0 saturated carbocycles. The Morgan fingerprint density at radius 3 is 2.52 bits per heavy atom. The van der Waals surface area contributed by atoms with Crippen LogP contribution < -0.4 is 14.8 Å². The average molecular weight is 388 g/mol. The van der Waals surface area contributed by atoms with Crippen LogP contribution in [0.4, 0.5) is 14.3 Å². The third kappa shape index (κ3) is 4.79. The van der Waals surface area contributed by atoms with Crippen LogP contribution in [0.2, 0.25) is 0 Å². The maximum absolute atomic E-state index is 13.3. The van der Waals surface area contributed by atoms with Crippen molar-refractivity contribution in [2.45, 2.75) is 0 Å². The van der Waals surface area contributed by atoms with Crippen LogP contribution in [0.1, 0.15) is 10.5 Å². The zero-order valence-electron chi connectivity index (χ0n) is 14.0. The molecule has 9 heteroatoms. The van der Waals surface area contributed by atoms with E-state index in [4.69, 9.17) is 9.47 Å². The molecule has 27 heavy (non-hydrogen) atoms. The van der Waals surface area contributed by atoms with Gasteiger partial charge in [-0.25, -0.2) is 19.0 Å². The number of hydrogen-bond donors (Lipinski definition) is 1. The van der Waals surface area contributed by atoms with Gasteiger partial charge in [0.1, 0.15) is 17.3 Å². The van der Waals surface area contributed by atoms with Crippen molar-refractivity contribution in [2.75, 3.05) is 12.4 Å². The molecule has 0 spiro atoms. The molecule has 0 aliphatic heterocycles. The van der Waals surface area contributed by atoms with Crippen LogP contribution in [0.25, 0.3) is 0 Å². The summed E-state index contributed by atoms with van der Waals surface area (Å²) in [5, 5.41) is 2.51. The van der Waals surface area contributed by atoms with Crippen LogP contribution in [-0.4, -0.2) is 24.2 Å². The van der Waals surface area contributed by atoms with E-state index in [1.165, 1.54) is 25.3 Å². The molecule has 0 aliphatic carbocycles. The number of ether oxygens (including phenoxy) is 3. The smallest absolute Gasteiger partial charge is 0.418 e. The minimum atomic E-state index is -0.788. The quantitative estimate of drug-likeness (QED) is 0.649. The van der Waals surface area contributed by atoms with Gasteiger partial charge in [-0.3, -0.25) is 5.32 Å². The van der Waals surface area contributed by atoms with Crippen LogP contribution in [-0.2, 0) is 4.74 Å². The standard InChI is InChI=1S/C18H13FN2O5S/c1-24-15(22)14-16(25-13-9-5-6-11(19)10-13)27-17(20-14)21-18(23)26-12-7-3-2-4-8-12/h2-10H,1H3,(H,20,21,23). The number of halogens is 1. The van der Waals surface area contributed by atoms with Crippen molar-refractivity contribution in [3.05, 3.63) is 66.1 Å². The summed E-state index contributed by atoms with van der Waals surface area (Å²) in [4.78, 5) is 27.9. The van der Waals surface area contributed by atoms with Gasteiger partial charge in [-0.15, -0.1) is 0 Å². The third-order valence-corrected chi connectivity index (χ3v) is 3.99. The largest absolute Gasteiger partial charge is 0.464 e. The number of para-hydroxylation sites is 1. The van der Waals surface area contributed by atoms with Gasteiger partial charge in [0.2, 0.25) is 10.8 Å². The number of hydrogen-bond acceptors (Lipinski definition) is 7. The molecule has 1 heterocycles. The zero-order chi connectivity index (χ0) is 19.2. The lowest BCUT2D eigenvalue weighted by molar-refractivity contribution is 0.0592. The van der Waals surface area contributed by atoms with E-state index in [2.05, 4.69) is 15.0 Å². The van der Waals surface area contributed by atoms with Crippen LogP contribution in [0.15, 0.2) is 54.6 Å². The fourth-order valence-electron chi connectivity index (χ4n) is 2.00. The Morgan fingerprint density at radius 2 is 1.81 bits per heavy atom. The van der Waals surface area contributed by atoms with Crippen molar-refractivity contribution < 1.29 is 28.2 Å². The highest BCUT2D eigenvalue weighted by Gasteiger charge is 2.22. The Morgan fingerprint density at radius 1 is 1.07 bits per heavy atom. The Hall–Kier alpha value is -3.46. The van der Waals surface area contributed by atoms with Crippen molar-refractivity contribution in [3.8, 4) is 16.6 Å². The van der Waals surface area contributed by atoms with Crippen molar-refractivity contribution >= 4 is 28.5 Å². The summed E-state index contributed by atoms with van der Waals surface area (Å²) >= 11 is 0.874. The van der Waals surface area contributed by atoms with Gasteiger partial charge in [0.15, 0.2) is 5.13 Å². The number of nitrogens with zero attached hydrogens (tertiary/aromatic N) is 1. The number of aromatic nitrogens is 1. The van der Waals surface area contributed by atoms with Gasteiger partial charge >= 0.3 is 12.1 Å². The molecule has 7 nitrogen and oxygen atoms in total. The first-order chi connectivity index (χ1) is 13.0. The lowest BCUT2D eigenvalue weighted by Crippen LogP contribution is -2.16. The molecule has 1 amide bonds. The van der Waals surface area contributed by atoms with Gasteiger partial charge in [-0.2, -0.15) is 0 Å². The summed E-state index contributed by atoms with van der Waals surface area (Å²) in [7, 11) is 1.18. The predicted octanol–water partition coefficient (Wildman–Crippen LogP) is 4.47. The van der Waals surface area contributed by atoms with Crippen LogP contribution in [0.5, 0.6) is 16.6 Å². The summed E-state index contributed by atoms with van der Waals surface area (Å²) < 4.78 is 28.6. The van der Waals surface area contributed by atoms with Crippen molar-refractivity contribution in [1.29, 1.82) is 0 Å². The summed E-state index contributed by atoms with van der Waals surface area (Å²) in [6, 6.07) is 13.8. The molecule has 0 saturated heterocycles. The first-order valence-corrected chi connectivity index (χ1v) is 8.43. The first kappa shape index (κ1) is 18.3. The topological polar surface area (TPSA) is 86.8 Å². The minimum absolute atomic E-state index is 0.0439. The highest BCUT2D eigenvalue weighted by Crippen LogP contribution is 2.35. The maximum Gasteiger partial charge on any atom is 0.418 e. The van der Waals surface area contributed by atoms with Crippen LogP contribution >= 0.6 is 11.3 Å². The molecule has 3 rings (SSSR count). The molecular formula is C18H13FN2O5S. The number of benzene rings is 2. The van der Waals surface area contributed by atoms with Crippen LogP contribution in [0, 0.1) is 5.82 Å². The molecule has 2 aromatic carbocycles. The number of carbonyl (C=O) groups is 2. The van der Waals surface area contributed by atoms with Crippen LogP contribution in [0.3, 0.4) is 0 Å². The lowest BCUT2D eigenvalue weighted by Gasteiger charge is -2.04. The Bertz CT molecular complexity index is 961.